The highest BCUT2D eigenvalue weighted by atomic mass is 35.5. The number of nitrogen functional groups attached to an aromatic ring is 1. The van der Waals surface area contributed by atoms with Crippen molar-refractivity contribution in [3.05, 3.63) is 47.2 Å². The van der Waals surface area contributed by atoms with Crippen molar-refractivity contribution < 1.29 is 4.79 Å². The van der Waals surface area contributed by atoms with Crippen molar-refractivity contribution in [3.8, 4) is 0 Å². The van der Waals surface area contributed by atoms with E-state index in [1.54, 1.807) is 36.5 Å². The lowest BCUT2D eigenvalue weighted by molar-refractivity contribution is 0.102. The summed E-state index contributed by atoms with van der Waals surface area (Å²) in [6, 6.07) is 8.47. The molecule has 0 atom stereocenters. The van der Waals surface area contributed by atoms with E-state index in [4.69, 9.17) is 17.3 Å². The predicted octanol–water partition coefficient (Wildman–Crippen LogP) is 2.50. The van der Waals surface area contributed by atoms with Crippen molar-refractivity contribution in [1.29, 1.82) is 0 Å². The van der Waals surface area contributed by atoms with Gasteiger partial charge in [0, 0.05) is 17.6 Å². The molecule has 0 aliphatic heterocycles. The van der Waals surface area contributed by atoms with E-state index in [0.717, 1.165) is 0 Å². The minimum Gasteiger partial charge on any atom is -0.399 e. The van der Waals surface area contributed by atoms with Gasteiger partial charge in [-0.05, 0) is 30.3 Å². The molecule has 4 nitrogen and oxygen atoms in total. The fourth-order valence-electron chi connectivity index (χ4n) is 1.26. The van der Waals surface area contributed by atoms with Crippen LogP contribution in [0.15, 0.2) is 36.5 Å². The highest BCUT2D eigenvalue weighted by Crippen LogP contribution is 2.14. The lowest BCUT2D eigenvalue weighted by Gasteiger charge is -2.03. The van der Waals surface area contributed by atoms with Crippen molar-refractivity contribution in [2.75, 3.05) is 11.1 Å². The molecule has 1 heterocycles. The summed E-state index contributed by atoms with van der Waals surface area (Å²) in [6.45, 7) is 0. The first-order chi connectivity index (χ1) is 7.65. The molecule has 0 unspecified atom stereocenters. The van der Waals surface area contributed by atoms with E-state index in [2.05, 4.69) is 10.3 Å². The molecule has 16 heavy (non-hydrogen) atoms. The summed E-state index contributed by atoms with van der Waals surface area (Å²) in [5.74, 6) is -0.239. The Morgan fingerprint density at radius 1 is 1.31 bits per heavy atom. The summed E-state index contributed by atoms with van der Waals surface area (Å²) in [6.07, 6.45) is 1.56. The summed E-state index contributed by atoms with van der Waals surface area (Å²) in [5.41, 5.74) is 7.29. The van der Waals surface area contributed by atoms with Crippen LogP contribution in [0.4, 0.5) is 11.4 Å². The van der Waals surface area contributed by atoms with Crippen molar-refractivity contribution in [1.82, 2.24) is 4.98 Å². The molecule has 5 heteroatoms. The third-order valence-corrected chi connectivity index (χ3v) is 2.28. The molecule has 0 spiro atoms. The molecule has 0 fully saturated rings. The monoisotopic (exact) mass is 235 g/mol. The number of carbonyl (C=O) groups excluding carboxylic acids is 1. The van der Waals surface area contributed by atoms with Crippen LogP contribution in [0.1, 0.15) is 10.5 Å². The van der Waals surface area contributed by atoms with E-state index in [1.807, 2.05) is 0 Å². The number of H-pyrrole nitrogens is 1. The van der Waals surface area contributed by atoms with E-state index in [9.17, 15) is 4.79 Å². The molecule has 2 rings (SSSR count). The number of hydrogen-bond donors (Lipinski definition) is 3. The molecule has 0 bridgehead atoms. The Kier molecular flexibility index (Phi) is 2.83. The molecular formula is C11H10ClN3O. The van der Waals surface area contributed by atoms with Gasteiger partial charge in [-0.3, -0.25) is 4.79 Å². The van der Waals surface area contributed by atoms with Crippen LogP contribution < -0.4 is 11.1 Å². The van der Waals surface area contributed by atoms with Crippen molar-refractivity contribution >= 4 is 28.9 Å². The molecule has 1 aromatic carbocycles. The second-order valence-corrected chi connectivity index (χ2v) is 3.74. The quantitative estimate of drug-likeness (QED) is 0.700. The van der Waals surface area contributed by atoms with Gasteiger partial charge in [-0.25, -0.2) is 0 Å². The van der Waals surface area contributed by atoms with Gasteiger partial charge in [-0.15, -0.1) is 0 Å². The second kappa shape index (κ2) is 4.28. The van der Waals surface area contributed by atoms with Gasteiger partial charge in [-0.1, -0.05) is 11.6 Å². The van der Waals surface area contributed by atoms with Crippen molar-refractivity contribution in [2.24, 2.45) is 0 Å². The van der Waals surface area contributed by atoms with Gasteiger partial charge in [-0.2, -0.15) is 0 Å². The molecule has 0 aliphatic carbocycles. The third-order valence-electron chi connectivity index (χ3n) is 2.06. The maximum atomic E-state index is 11.7. The zero-order valence-corrected chi connectivity index (χ0v) is 9.08. The Labute approximate surface area is 97.4 Å². The zero-order valence-electron chi connectivity index (χ0n) is 8.33. The van der Waals surface area contributed by atoms with Gasteiger partial charge in [0.05, 0.1) is 5.02 Å². The molecule has 4 N–H and O–H groups in total. The maximum absolute atomic E-state index is 11.7. The Hall–Kier alpha value is -1.94. The average Bonchev–Trinajstić information content (AvgIpc) is 2.68. The lowest BCUT2D eigenvalue weighted by Crippen LogP contribution is -2.12. The molecule has 0 aliphatic rings. The molecule has 0 radical (unpaired) electrons. The summed E-state index contributed by atoms with van der Waals surface area (Å²) >= 11 is 5.70. The summed E-state index contributed by atoms with van der Waals surface area (Å²) in [7, 11) is 0. The first-order valence-corrected chi connectivity index (χ1v) is 5.04. The number of hydrogen-bond acceptors (Lipinski definition) is 2. The molecule has 2 aromatic rings. The molecule has 82 valence electrons. The number of carbonyl (C=O) groups is 1. The largest absolute Gasteiger partial charge is 0.399 e. The second-order valence-electron chi connectivity index (χ2n) is 3.31. The van der Waals surface area contributed by atoms with E-state index >= 15 is 0 Å². The number of rotatable bonds is 2. The number of halogens is 1. The van der Waals surface area contributed by atoms with Crippen LogP contribution in [0.2, 0.25) is 5.02 Å². The fraction of sp³-hybridized carbons (Fsp3) is 0. The number of aromatic amines is 1. The molecule has 0 saturated carbocycles. The SMILES string of the molecule is Nc1ccc(NC(=O)c2cc(Cl)c[nH]2)cc1. The van der Waals surface area contributed by atoms with E-state index in [-0.39, 0.29) is 5.91 Å². The first kappa shape index (κ1) is 10.6. The lowest BCUT2D eigenvalue weighted by atomic mass is 10.3. The van der Waals surface area contributed by atoms with Crippen LogP contribution in [0.3, 0.4) is 0 Å². The third kappa shape index (κ3) is 2.35. The predicted molar refractivity (Wildman–Crippen MR) is 64.6 cm³/mol. The minimum atomic E-state index is -0.239. The Bertz CT molecular complexity index is 504. The average molecular weight is 236 g/mol. The number of amides is 1. The Balaban J connectivity index is 2.10. The van der Waals surface area contributed by atoms with Crippen molar-refractivity contribution in [3.63, 3.8) is 0 Å². The number of nitrogens with two attached hydrogens (primary N) is 1. The van der Waals surface area contributed by atoms with Gasteiger partial charge in [0.25, 0.3) is 5.91 Å². The standard InChI is InChI=1S/C11H10ClN3O/c12-7-5-10(14-6-7)11(16)15-9-3-1-8(13)2-4-9/h1-6,14H,13H2,(H,15,16). The molecule has 0 saturated heterocycles. The van der Waals surface area contributed by atoms with E-state index in [1.165, 1.54) is 0 Å². The van der Waals surface area contributed by atoms with Crippen LogP contribution in [0, 0.1) is 0 Å². The van der Waals surface area contributed by atoms with Crippen LogP contribution in [-0.4, -0.2) is 10.9 Å². The van der Waals surface area contributed by atoms with Crippen molar-refractivity contribution in [2.45, 2.75) is 0 Å². The highest BCUT2D eigenvalue weighted by Gasteiger charge is 2.07. The van der Waals surface area contributed by atoms with Crippen LogP contribution in [0.5, 0.6) is 0 Å². The normalized spacial score (nSPS) is 10.1. The summed E-state index contributed by atoms with van der Waals surface area (Å²) in [4.78, 5) is 14.4. The minimum absolute atomic E-state index is 0.239. The fourth-order valence-corrected chi connectivity index (χ4v) is 1.43. The van der Waals surface area contributed by atoms with Crippen LogP contribution >= 0.6 is 11.6 Å². The highest BCUT2D eigenvalue weighted by molar-refractivity contribution is 6.31. The molecular weight excluding hydrogens is 226 g/mol. The number of nitrogens with one attached hydrogen (secondary N) is 2. The van der Waals surface area contributed by atoms with Gasteiger partial charge in [0.2, 0.25) is 0 Å². The van der Waals surface area contributed by atoms with Crippen LogP contribution in [-0.2, 0) is 0 Å². The Morgan fingerprint density at radius 2 is 2.00 bits per heavy atom. The van der Waals surface area contributed by atoms with Gasteiger partial charge in [0.15, 0.2) is 0 Å². The number of aromatic nitrogens is 1. The number of benzene rings is 1. The zero-order chi connectivity index (χ0) is 11.5. The van der Waals surface area contributed by atoms with Gasteiger partial charge < -0.3 is 16.0 Å². The first-order valence-electron chi connectivity index (χ1n) is 4.66. The topological polar surface area (TPSA) is 70.9 Å². The van der Waals surface area contributed by atoms with Crippen LogP contribution in [0.25, 0.3) is 0 Å². The Morgan fingerprint density at radius 3 is 2.56 bits per heavy atom. The van der Waals surface area contributed by atoms with E-state index in [0.29, 0.717) is 22.1 Å². The summed E-state index contributed by atoms with van der Waals surface area (Å²) < 4.78 is 0. The molecule has 1 amide bonds. The van der Waals surface area contributed by atoms with Gasteiger partial charge >= 0.3 is 0 Å². The molecule has 1 aromatic heterocycles. The smallest absolute Gasteiger partial charge is 0.272 e. The maximum Gasteiger partial charge on any atom is 0.272 e. The summed E-state index contributed by atoms with van der Waals surface area (Å²) in [5, 5.41) is 3.22. The number of anilines is 2. The van der Waals surface area contributed by atoms with Gasteiger partial charge in [0.1, 0.15) is 5.69 Å². The van der Waals surface area contributed by atoms with E-state index < -0.39 is 0 Å².